The van der Waals surface area contributed by atoms with Crippen molar-refractivity contribution in [2.24, 2.45) is 11.3 Å². The quantitative estimate of drug-likeness (QED) is 0.518. The smallest absolute Gasteiger partial charge is 0.258 e. The van der Waals surface area contributed by atoms with Gasteiger partial charge in [0.15, 0.2) is 11.6 Å². The van der Waals surface area contributed by atoms with Gasteiger partial charge in [0.2, 0.25) is 5.91 Å². The molecule has 1 spiro atoms. The van der Waals surface area contributed by atoms with Gasteiger partial charge in [-0.1, -0.05) is 0 Å². The fourth-order valence-electron chi connectivity index (χ4n) is 7.47. The predicted octanol–water partition coefficient (Wildman–Crippen LogP) is 3.81. The zero-order valence-electron chi connectivity index (χ0n) is 25.4. The molecule has 10 nitrogen and oxygen atoms in total. The SMILES string of the molecule is CC(C)N(C(=O)c1cc(F)ccc1Oc1cncnc1N1CC2(CCN(C(=O)[C@H]3N[C@@H]4CC[C@@H]3C(=O)C4)CC2)C1)C(C)C. The van der Waals surface area contributed by atoms with Crippen molar-refractivity contribution in [3.8, 4) is 11.5 Å². The van der Waals surface area contributed by atoms with E-state index >= 15 is 0 Å². The van der Waals surface area contributed by atoms with Gasteiger partial charge in [0.25, 0.3) is 5.91 Å². The summed E-state index contributed by atoms with van der Waals surface area (Å²) in [5.41, 5.74) is 0.219. The van der Waals surface area contributed by atoms with Crippen molar-refractivity contribution in [1.82, 2.24) is 25.1 Å². The first-order valence-electron chi connectivity index (χ1n) is 15.5. The second-order valence-electron chi connectivity index (χ2n) is 13.2. The molecule has 5 aliphatic rings. The molecule has 2 bridgehead atoms. The number of carbonyl (C=O) groups excluding carboxylic acids is 3. The minimum absolute atomic E-state index is 0.0680. The third-order valence-corrected chi connectivity index (χ3v) is 9.66. The van der Waals surface area contributed by atoms with Crippen LogP contribution >= 0.6 is 0 Å². The summed E-state index contributed by atoms with van der Waals surface area (Å²) < 4.78 is 20.6. The maximum absolute atomic E-state index is 14.3. The maximum atomic E-state index is 14.3. The van der Waals surface area contributed by atoms with Crippen LogP contribution in [0.3, 0.4) is 0 Å². The van der Waals surface area contributed by atoms with E-state index in [9.17, 15) is 18.8 Å². The number of anilines is 1. The lowest BCUT2D eigenvalue weighted by Crippen LogP contribution is -2.65. The molecule has 0 radical (unpaired) electrons. The molecule has 7 rings (SSSR count). The molecule has 1 aromatic carbocycles. The Balaban J connectivity index is 1.12. The Bertz CT molecular complexity index is 1390. The molecule has 5 heterocycles. The number of hydrogen-bond acceptors (Lipinski definition) is 8. The molecule has 3 atom stereocenters. The summed E-state index contributed by atoms with van der Waals surface area (Å²) in [5.74, 6) is 0.566. The first kappa shape index (κ1) is 29.5. The second-order valence-corrected chi connectivity index (χ2v) is 13.2. The monoisotopic (exact) mass is 592 g/mol. The molecular weight excluding hydrogens is 551 g/mol. The third-order valence-electron chi connectivity index (χ3n) is 9.66. The minimum atomic E-state index is -0.513. The highest BCUT2D eigenvalue weighted by Crippen LogP contribution is 2.45. The molecular formula is C32H41FN6O4. The van der Waals surface area contributed by atoms with Gasteiger partial charge in [-0.15, -0.1) is 0 Å². The summed E-state index contributed by atoms with van der Waals surface area (Å²) in [5, 5.41) is 3.42. The summed E-state index contributed by atoms with van der Waals surface area (Å²) in [6.07, 6.45) is 7.13. The summed E-state index contributed by atoms with van der Waals surface area (Å²) in [7, 11) is 0. The number of nitrogens with zero attached hydrogens (tertiary/aromatic N) is 5. The lowest BCUT2D eigenvalue weighted by Gasteiger charge is -2.55. The highest BCUT2D eigenvalue weighted by molar-refractivity contribution is 5.97. The molecule has 1 aliphatic carbocycles. The topological polar surface area (TPSA) is 108 Å². The number of nitrogens with one attached hydrogen (secondary N) is 1. The molecule has 5 fully saturated rings. The van der Waals surface area contributed by atoms with Gasteiger partial charge in [-0.2, -0.15) is 0 Å². The Morgan fingerprint density at radius 1 is 1.09 bits per heavy atom. The number of rotatable bonds is 7. The second kappa shape index (κ2) is 11.5. The number of aromatic nitrogens is 2. The molecule has 4 aliphatic heterocycles. The van der Waals surface area contributed by atoms with Gasteiger partial charge in [0.1, 0.15) is 23.7 Å². The molecule has 1 saturated carbocycles. The van der Waals surface area contributed by atoms with Crippen LogP contribution in [0.25, 0.3) is 0 Å². The number of ether oxygens (including phenoxy) is 1. The van der Waals surface area contributed by atoms with Crippen LogP contribution in [0.5, 0.6) is 11.5 Å². The van der Waals surface area contributed by atoms with Crippen LogP contribution in [0.4, 0.5) is 10.2 Å². The number of hydrogen-bond donors (Lipinski definition) is 1. The lowest BCUT2D eigenvalue weighted by molar-refractivity contribution is -0.145. The summed E-state index contributed by atoms with van der Waals surface area (Å²) in [4.78, 5) is 53.7. The van der Waals surface area contributed by atoms with Crippen LogP contribution in [0, 0.1) is 17.2 Å². The fraction of sp³-hybridized carbons (Fsp3) is 0.594. The first-order valence-corrected chi connectivity index (χ1v) is 15.5. The molecule has 4 saturated heterocycles. The number of ketones is 1. The fourth-order valence-corrected chi connectivity index (χ4v) is 7.47. The van der Waals surface area contributed by atoms with E-state index in [0.717, 1.165) is 38.8 Å². The summed E-state index contributed by atoms with van der Waals surface area (Å²) in [6, 6.07) is 3.59. The average Bonchev–Trinajstić information content (AvgIpc) is 2.96. The minimum Gasteiger partial charge on any atom is -0.451 e. The number of likely N-dealkylation sites (tertiary alicyclic amines) is 1. The molecule has 1 N–H and O–H groups in total. The van der Waals surface area contributed by atoms with E-state index in [1.165, 1.54) is 24.5 Å². The highest BCUT2D eigenvalue weighted by Gasteiger charge is 2.49. The summed E-state index contributed by atoms with van der Waals surface area (Å²) >= 11 is 0. The number of halogens is 1. The first-order chi connectivity index (χ1) is 20.5. The Morgan fingerprint density at radius 3 is 2.47 bits per heavy atom. The molecule has 1 aromatic heterocycles. The van der Waals surface area contributed by atoms with Crippen molar-refractivity contribution in [1.29, 1.82) is 0 Å². The van der Waals surface area contributed by atoms with Gasteiger partial charge in [-0.05, 0) is 71.6 Å². The van der Waals surface area contributed by atoms with Gasteiger partial charge < -0.3 is 24.8 Å². The van der Waals surface area contributed by atoms with E-state index in [2.05, 4.69) is 20.2 Å². The van der Waals surface area contributed by atoms with Crippen LogP contribution < -0.4 is 15.0 Å². The Labute approximate surface area is 252 Å². The molecule has 2 amide bonds. The largest absolute Gasteiger partial charge is 0.451 e. The van der Waals surface area contributed by atoms with E-state index in [-0.39, 0.29) is 64.4 Å². The van der Waals surface area contributed by atoms with Gasteiger partial charge in [0, 0.05) is 62.1 Å². The number of carbonyl (C=O) groups is 3. The zero-order chi connectivity index (χ0) is 30.5. The molecule has 2 aromatic rings. The molecule has 43 heavy (non-hydrogen) atoms. The maximum Gasteiger partial charge on any atom is 0.258 e. The van der Waals surface area contributed by atoms with Crippen molar-refractivity contribution < 1.29 is 23.5 Å². The van der Waals surface area contributed by atoms with Crippen molar-refractivity contribution in [3.63, 3.8) is 0 Å². The number of benzene rings is 1. The van der Waals surface area contributed by atoms with Crippen LogP contribution in [-0.2, 0) is 9.59 Å². The van der Waals surface area contributed by atoms with Crippen molar-refractivity contribution in [2.45, 2.75) is 84.0 Å². The van der Waals surface area contributed by atoms with Crippen LogP contribution in [0.15, 0.2) is 30.7 Å². The van der Waals surface area contributed by atoms with Gasteiger partial charge >= 0.3 is 0 Å². The van der Waals surface area contributed by atoms with E-state index in [0.29, 0.717) is 31.1 Å². The van der Waals surface area contributed by atoms with Gasteiger partial charge in [0.05, 0.1) is 17.8 Å². The van der Waals surface area contributed by atoms with E-state index < -0.39 is 5.82 Å². The van der Waals surface area contributed by atoms with E-state index in [1.807, 2.05) is 32.6 Å². The number of fused-ring (bicyclic) bond motifs is 3. The predicted molar refractivity (Wildman–Crippen MR) is 158 cm³/mol. The third kappa shape index (κ3) is 5.59. The molecule has 0 unspecified atom stereocenters. The lowest BCUT2D eigenvalue weighted by atomic mass is 9.71. The Morgan fingerprint density at radius 2 is 1.81 bits per heavy atom. The van der Waals surface area contributed by atoms with Gasteiger partial charge in [-0.3, -0.25) is 14.4 Å². The van der Waals surface area contributed by atoms with Crippen molar-refractivity contribution >= 4 is 23.4 Å². The number of Topliss-reactive ketones (excluding diaryl/α,β-unsaturated/α-hetero) is 1. The number of piperidine rings is 3. The summed E-state index contributed by atoms with van der Waals surface area (Å²) in [6.45, 7) is 10.6. The van der Waals surface area contributed by atoms with Crippen molar-refractivity contribution in [2.75, 3.05) is 31.1 Å². The van der Waals surface area contributed by atoms with Crippen LogP contribution in [0.2, 0.25) is 0 Å². The highest BCUT2D eigenvalue weighted by atomic mass is 19.1. The van der Waals surface area contributed by atoms with Crippen molar-refractivity contribution in [3.05, 3.63) is 42.1 Å². The van der Waals surface area contributed by atoms with Gasteiger partial charge in [-0.25, -0.2) is 14.4 Å². The Hall–Kier alpha value is -3.60. The zero-order valence-corrected chi connectivity index (χ0v) is 25.4. The van der Waals surface area contributed by atoms with Crippen LogP contribution in [0.1, 0.15) is 70.2 Å². The molecule has 11 heteroatoms. The standard InChI is InChI=1S/C32H41FN6O4/c1-19(2)39(20(3)4)30(41)24-13-21(33)5-8-26(24)43-27-15-34-18-35-29(27)38-16-32(17-38)9-11-37(12-10-32)31(42)28-23-7-6-22(36-28)14-25(23)40/h5,8,13,15,18-20,22-23,28,36H,6-7,9-12,14,16-17H2,1-4H3/t22-,23-,28+/m1/s1. The van der Waals surface area contributed by atoms with Crippen LogP contribution in [-0.4, -0.2) is 87.7 Å². The average molecular weight is 593 g/mol. The number of amides is 2. The molecule has 230 valence electrons. The normalized spacial score (nSPS) is 24.4. The van der Waals surface area contributed by atoms with E-state index in [1.54, 1.807) is 11.1 Å². The Kier molecular flexibility index (Phi) is 7.87. The van der Waals surface area contributed by atoms with E-state index in [4.69, 9.17) is 4.74 Å².